The number of rotatable bonds is 1. The highest BCUT2D eigenvalue weighted by atomic mass is 79.9. The van der Waals surface area contributed by atoms with Crippen LogP contribution in [0.3, 0.4) is 0 Å². The first kappa shape index (κ1) is 15.0. The van der Waals surface area contributed by atoms with Gasteiger partial charge in [-0.1, -0.05) is 39.0 Å². The van der Waals surface area contributed by atoms with Gasteiger partial charge in [-0.15, -0.1) is 0 Å². The molecule has 2 N–H and O–H groups in total. The van der Waals surface area contributed by atoms with Gasteiger partial charge in [0.05, 0.1) is 10.9 Å². The van der Waals surface area contributed by atoms with Gasteiger partial charge in [-0.25, -0.2) is 0 Å². The molecule has 0 bridgehead atoms. The molecule has 1 aromatic carbocycles. The standard InChI is InChI=1S/C14H8BrNO5S2/c15-4-1-2-6-5(3-4)7-8(13(19)21-6)10(12(17)18)22-11-9(7)23-14(20)16-11/h1-3,7-8,10H,(H,16,20)(H,17,18)/t7-,8-,10-/m1/s1. The number of nitrogens with one attached hydrogen (secondary N) is 1. The predicted octanol–water partition coefficient (Wildman–Crippen LogP) is 2.42. The summed E-state index contributed by atoms with van der Waals surface area (Å²) < 4.78 is 6.13. The molecular formula is C14H8BrNO5S2. The Morgan fingerprint density at radius 2 is 2.13 bits per heavy atom. The lowest BCUT2D eigenvalue weighted by Gasteiger charge is -2.37. The van der Waals surface area contributed by atoms with Crippen LogP contribution in [0, 0.1) is 5.92 Å². The van der Waals surface area contributed by atoms with Gasteiger partial charge in [-0.3, -0.25) is 14.4 Å². The summed E-state index contributed by atoms with van der Waals surface area (Å²) in [6.07, 6.45) is 0. The van der Waals surface area contributed by atoms with E-state index in [1.54, 1.807) is 12.1 Å². The Hall–Kier alpha value is -1.58. The first-order valence-electron chi connectivity index (χ1n) is 6.59. The molecule has 2 aliphatic rings. The van der Waals surface area contributed by atoms with Crippen molar-refractivity contribution in [2.24, 2.45) is 5.92 Å². The number of aromatic nitrogens is 1. The molecule has 0 amide bonds. The van der Waals surface area contributed by atoms with Gasteiger partial charge in [-0.05, 0) is 18.2 Å². The van der Waals surface area contributed by atoms with E-state index in [1.165, 1.54) is 0 Å². The lowest BCUT2D eigenvalue weighted by Crippen LogP contribution is -2.44. The van der Waals surface area contributed by atoms with Crippen molar-refractivity contribution in [1.82, 2.24) is 4.98 Å². The molecule has 3 atom stereocenters. The van der Waals surface area contributed by atoms with Crippen molar-refractivity contribution < 1.29 is 19.4 Å². The zero-order valence-corrected chi connectivity index (χ0v) is 14.5. The van der Waals surface area contributed by atoms with Crippen molar-refractivity contribution in [1.29, 1.82) is 0 Å². The monoisotopic (exact) mass is 413 g/mol. The number of halogens is 1. The first-order chi connectivity index (χ1) is 11.0. The Labute approximate surface area is 146 Å². The van der Waals surface area contributed by atoms with Crippen LogP contribution in [-0.4, -0.2) is 27.3 Å². The lowest BCUT2D eigenvalue weighted by atomic mass is 9.80. The molecule has 0 unspecified atom stereocenters. The molecule has 6 nitrogen and oxygen atoms in total. The van der Waals surface area contributed by atoms with Gasteiger partial charge in [0.2, 0.25) is 0 Å². The fourth-order valence-corrected chi connectivity index (χ4v) is 5.76. The molecule has 1 aromatic heterocycles. The number of ether oxygens (including phenoxy) is 1. The number of aliphatic carboxylic acids is 1. The van der Waals surface area contributed by atoms with E-state index in [1.807, 2.05) is 6.07 Å². The van der Waals surface area contributed by atoms with Gasteiger partial charge in [-0.2, -0.15) is 0 Å². The maximum atomic E-state index is 12.4. The number of thioether (sulfide) groups is 1. The first-order valence-corrected chi connectivity index (χ1v) is 9.08. The molecule has 0 radical (unpaired) electrons. The summed E-state index contributed by atoms with van der Waals surface area (Å²) in [5.74, 6) is -2.63. The van der Waals surface area contributed by atoms with E-state index in [9.17, 15) is 19.5 Å². The average molecular weight is 414 g/mol. The summed E-state index contributed by atoms with van der Waals surface area (Å²) in [6, 6.07) is 5.22. The second-order valence-electron chi connectivity index (χ2n) is 5.19. The number of carboxylic acid groups (broad SMARTS) is 1. The quantitative estimate of drug-likeness (QED) is 0.550. The van der Waals surface area contributed by atoms with E-state index in [0.29, 0.717) is 21.2 Å². The third kappa shape index (κ3) is 2.26. The summed E-state index contributed by atoms with van der Waals surface area (Å²) in [6.45, 7) is 0. The van der Waals surface area contributed by atoms with E-state index < -0.39 is 29.0 Å². The average Bonchev–Trinajstić information content (AvgIpc) is 2.86. The summed E-state index contributed by atoms with van der Waals surface area (Å²) in [5, 5.41) is 9.02. The molecule has 0 fully saturated rings. The van der Waals surface area contributed by atoms with Gasteiger partial charge < -0.3 is 14.8 Å². The summed E-state index contributed by atoms with van der Waals surface area (Å²) in [4.78, 5) is 38.9. The van der Waals surface area contributed by atoms with Crippen LogP contribution >= 0.6 is 39.0 Å². The maximum absolute atomic E-state index is 12.4. The number of fused-ring (bicyclic) bond motifs is 5. The number of carboxylic acids is 1. The Kier molecular flexibility index (Phi) is 3.40. The van der Waals surface area contributed by atoms with Crippen molar-refractivity contribution in [3.63, 3.8) is 0 Å². The van der Waals surface area contributed by atoms with Crippen LogP contribution in [0.5, 0.6) is 5.75 Å². The summed E-state index contributed by atoms with van der Waals surface area (Å²) in [5.41, 5.74) is 0.715. The van der Waals surface area contributed by atoms with E-state index in [4.69, 9.17) is 4.74 Å². The molecule has 0 saturated carbocycles. The van der Waals surface area contributed by atoms with Crippen LogP contribution < -0.4 is 9.61 Å². The van der Waals surface area contributed by atoms with Crippen molar-refractivity contribution in [2.45, 2.75) is 16.2 Å². The molecular weight excluding hydrogens is 406 g/mol. The number of hydrogen-bond donors (Lipinski definition) is 2. The van der Waals surface area contributed by atoms with E-state index in [0.717, 1.165) is 27.6 Å². The number of benzene rings is 1. The zero-order valence-electron chi connectivity index (χ0n) is 11.2. The number of carbonyl (C=O) groups is 2. The second-order valence-corrected chi connectivity index (χ2v) is 8.27. The Morgan fingerprint density at radius 3 is 2.87 bits per heavy atom. The van der Waals surface area contributed by atoms with Gasteiger partial charge in [0, 0.05) is 20.8 Å². The highest BCUT2D eigenvalue weighted by Gasteiger charge is 2.51. The Bertz CT molecular complexity index is 905. The minimum atomic E-state index is -1.10. The third-order valence-corrected chi connectivity index (χ3v) is 6.78. The van der Waals surface area contributed by atoms with Crippen LogP contribution in [0.25, 0.3) is 0 Å². The van der Waals surface area contributed by atoms with Crippen LogP contribution in [0.2, 0.25) is 0 Å². The second kappa shape index (κ2) is 5.22. The van der Waals surface area contributed by atoms with Crippen molar-refractivity contribution in [3.8, 4) is 5.75 Å². The Balaban J connectivity index is 2.00. The van der Waals surface area contributed by atoms with E-state index in [2.05, 4.69) is 20.9 Å². The highest BCUT2D eigenvalue weighted by molar-refractivity contribution is 9.10. The number of aromatic amines is 1. The van der Waals surface area contributed by atoms with E-state index >= 15 is 0 Å². The smallest absolute Gasteiger partial charge is 0.317 e. The summed E-state index contributed by atoms with van der Waals surface area (Å²) in [7, 11) is 0. The lowest BCUT2D eigenvalue weighted by molar-refractivity contribution is -0.147. The molecule has 2 aromatic rings. The molecule has 9 heteroatoms. The van der Waals surface area contributed by atoms with Gasteiger partial charge >= 0.3 is 16.8 Å². The molecule has 118 valence electrons. The van der Waals surface area contributed by atoms with Crippen molar-refractivity contribution >= 4 is 51.0 Å². The normalized spacial score (nSPS) is 25.1. The maximum Gasteiger partial charge on any atom is 0.317 e. The highest BCUT2D eigenvalue weighted by Crippen LogP contribution is 2.53. The van der Waals surface area contributed by atoms with Crippen LogP contribution in [0.15, 0.2) is 32.5 Å². The molecule has 0 spiro atoms. The van der Waals surface area contributed by atoms with Crippen molar-refractivity contribution in [2.75, 3.05) is 0 Å². The topological polar surface area (TPSA) is 96.5 Å². The van der Waals surface area contributed by atoms with E-state index in [-0.39, 0.29) is 4.87 Å². The molecule has 23 heavy (non-hydrogen) atoms. The number of H-pyrrole nitrogens is 1. The van der Waals surface area contributed by atoms with Crippen molar-refractivity contribution in [3.05, 3.63) is 42.8 Å². The number of thiazole rings is 1. The third-order valence-electron chi connectivity index (χ3n) is 3.89. The van der Waals surface area contributed by atoms with Crippen LogP contribution in [0.1, 0.15) is 16.4 Å². The SMILES string of the molecule is O=C1Oc2ccc(Br)cc2[C@H]2c3sc(=O)[nH]c3S[C@@H](C(=O)O)[C@H]12. The van der Waals surface area contributed by atoms with Gasteiger partial charge in [0.15, 0.2) is 0 Å². The molecule has 2 aliphatic heterocycles. The molecule has 3 heterocycles. The van der Waals surface area contributed by atoms with Crippen LogP contribution in [-0.2, 0) is 9.59 Å². The minimum absolute atomic E-state index is 0.261. The molecule has 0 saturated heterocycles. The molecule has 4 rings (SSSR count). The predicted molar refractivity (Wildman–Crippen MR) is 87.3 cm³/mol. The Morgan fingerprint density at radius 1 is 1.35 bits per heavy atom. The summed E-state index contributed by atoms with van der Waals surface area (Å²) >= 11 is 5.39. The van der Waals surface area contributed by atoms with Gasteiger partial charge in [0.1, 0.15) is 11.0 Å². The fraction of sp³-hybridized carbons (Fsp3) is 0.214. The largest absolute Gasteiger partial charge is 0.480 e. The number of hydrogen-bond acceptors (Lipinski definition) is 6. The van der Waals surface area contributed by atoms with Crippen LogP contribution in [0.4, 0.5) is 0 Å². The zero-order chi connectivity index (χ0) is 16.3. The minimum Gasteiger partial charge on any atom is -0.480 e. The molecule has 0 aliphatic carbocycles. The fourth-order valence-electron chi connectivity index (χ4n) is 2.99. The number of carbonyl (C=O) groups excluding carboxylic acids is 1. The number of esters is 1. The van der Waals surface area contributed by atoms with Gasteiger partial charge in [0.25, 0.3) is 0 Å².